The molecular formula is C19H28O2. The van der Waals surface area contributed by atoms with Crippen molar-refractivity contribution in [1.29, 1.82) is 0 Å². The van der Waals surface area contributed by atoms with Crippen molar-refractivity contribution in [3.8, 4) is 0 Å². The molecule has 0 bridgehead atoms. The van der Waals surface area contributed by atoms with Gasteiger partial charge in [-0.05, 0) is 55.4 Å². The van der Waals surface area contributed by atoms with E-state index >= 15 is 0 Å². The highest BCUT2D eigenvalue weighted by Crippen LogP contribution is 2.43. The molecule has 5 atom stereocenters. The molecule has 0 amide bonds. The third-order valence-electron chi connectivity index (χ3n) is 5.71. The summed E-state index contributed by atoms with van der Waals surface area (Å²) in [7, 11) is 0. The molecule has 116 valence electrons. The van der Waals surface area contributed by atoms with Crippen molar-refractivity contribution in [2.75, 3.05) is 0 Å². The molecule has 0 radical (unpaired) electrons. The lowest BCUT2D eigenvalue weighted by Gasteiger charge is -2.39. The first-order valence-corrected chi connectivity index (χ1v) is 8.67. The average Bonchev–Trinajstić information content (AvgIpc) is 2.73. The van der Waals surface area contributed by atoms with E-state index in [0.717, 1.165) is 38.5 Å². The van der Waals surface area contributed by atoms with Gasteiger partial charge in [-0.25, -0.2) is 0 Å². The van der Waals surface area contributed by atoms with E-state index in [1.54, 1.807) is 0 Å². The van der Waals surface area contributed by atoms with Crippen LogP contribution in [-0.2, 0) is 0 Å². The van der Waals surface area contributed by atoms with Crippen molar-refractivity contribution < 1.29 is 10.2 Å². The van der Waals surface area contributed by atoms with Gasteiger partial charge in [-0.1, -0.05) is 49.6 Å². The van der Waals surface area contributed by atoms with Gasteiger partial charge in [0.1, 0.15) is 0 Å². The van der Waals surface area contributed by atoms with Crippen LogP contribution in [0.25, 0.3) is 0 Å². The summed E-state index contributed by atoms with van der Waals surface area (Å²) in [6, 6.07) is 10.7. The lowest BCUT2D eigenvalue weighted by atomic mass is 9.69. The number of aliphatic hydroxyl groups is 2. The Morgan fingerprint density at radius 3 is 2.24 bits per heavy atom. The number of rotatable bonds is 2. The fourth-order valence-corrected chi connectivity index (χ4v) is 4.49. The van der Waals surface area contributed by atoms with Crippen LogP contribution in [0.3, 0.4) is 0 Å². The van der Waals surface area contributed by atoms with Crippen LogP contribution in [0.4, 0.5) is 0 Å². The summed E-state index contributed by atoms with van der Waals surface area (Å²) in [5.41, 5.74) is 1.40. The summed E-state index contributed by atoms with van der Waals surface area (Å²) in [5.74, 6) is 1.13. The van der Waals surface area contributed by atoms with Crippen molar-refractivity contribution in [1.82, 2.24) is 0 Å². The molecule has 2 fully saturated rings. The third kappa shape index (κ3) is 3.49. The van der Waals surface area contributed by atoms with Crippen LogP contribution in [-0.4, -0.2) is 22.4 Å². The largest absolute Gasteiger partial charge is 0.393 e. The second kappa shape index (κ2) is 6.93. The fourth-order valence-electron chi connectivity index (χ4n) is 4.49. The number of benzene rings is 1. The predicted molar refractivity (Wildman–Crippen MR) is 85.1 cm³/mol. The molecule has 2 heteroatoms. The maximum absolute atomic E-state index is 10.5. The molecule has 2 aliphatic rings. The van der Waals surface area contributed by atoms with Gasteiger partial charge in [-0.2, -0.15) is 0 Å². The van der Waals surface area contributed by atoms with Crippen molar-refractivity contribution >= 4 is 0 Å². The second-order valence-electron chi connectivity index (χ2n) is 7.02. The molecule has 2 N–H and O–H groups in total. The van der Waals surface area contributed by atoms with Gasteiger partial charge in [-0.3, -0.25) is 0 Å². The van der Waals surface area contributed by atoms with Crippen LogP contribution in [0.2, 0.25) is 0 Å². The van der Waals surface area contributed by atoms with Crippen LogP contribution >= 0.6 is 0 Å². The normalized spacial score (nSPS) is 37.9. The quantitative estimate of drug-likeness (QED) is 0.811. The summed E-state index contributed by atoms with van der Waals surface area (Å²) in [4.78, 5) is 0. The highest BCUT2D eigenvalue weighted by atomic mass is 16.3. The van der Waals surface area contributed by atoms with E-state index in [1.807, 2.05) is 0 Å². The van der Waals surface area contributed by atoms with E-state index in [4.69, 9.17) is 0 Å². The standard InChI is InChI=1S/C19H28O2/c20-18-10-6-2-5-9-16(18)17-13-15(11-12-19(17)21)14-7-3-1-4-8-14/h1,3-4,7-8,15-21H,2,5-6,9-13H2. The summed E-state index contributed by atoms with van der Waals surface area (Å²) in [6.45, 7) is 0. The van der Waals surface area contributed by atoms with Gasteiger partial charge in [0, 0.05) is 0 Å². The number of aliphatic hydroxyl groups excluding tert-OH is 2. The van der Waals surface area contributed by atoms with Gasteiger partial charge in [-0.15, -0.1) is 0 Å². The van der Waals surface area contributed by atoms with Crippen LogP contribution in [0.5, 0.6) is 0 Å². The molecule has 0 aromatic heterocycles. The Hall–Kier alpha value is -0.860. The molecular weight excluding hydrogens is 260 g/mol. The van der Waals surface area contributed by atoms with E-state index < -0.39 is 0 Å². The Balaban J connectivity index is 1.73. The molecule has 0 heterocycles. The summed E-state index contributed by atoms with van der Waals surface area (Å²) in [5, 5.41) is 20.9. The fraction of sp³-hybridized carbons (Fsp3) is 0.684. The molecule has 2 aliphatic carbocycles. The molecule has 1 aromatic rings. The van der Waals surface area contributed by atoms with E-state index in [9.17, 15) is 10.2 Å². The summed E-state index contributed by atoms with van der Waals surface area (Å²) in [6.07, 6.45) is 8.16. The Bertz CT molecular complexity index is 430. The average molecular weight is 288 g/mol. The van der Waals surface area contributed by atoms with Crippen molar-refractivity contribution in [2.45, 2.75) is 69.5 Å². The SMILES string of the molecule is OC1CCCCCC1C1CC(c2ccccc2)CCC1O. The van der Waals surface area contributed by atoms with E-state index in [2.05, 4.69) is 30.3 Å². The van der Waals surface area contributed by atoms with Gasteiger partial charge >= 0.3 is 0 Å². The zero-order valence-corrected chi connectivity index (χ0v) is 12.8. The Kier molecular flexibility index (Phi) is 4.97. The molecule has 5 unspecified atom stereocenters. The second-order valence-corrected chi connectivity index (χ2v) is 7.02. The van der Waals surface area contributed by atoms with Crippen LogP contribution in [0, 0.1) is 11.8 Å². The number of hydrogen-bond acceptors (Lipinski definition) is 2. The van der Waals surface area contributed by atoms with Crippen molar-refractivity contribution in [3.05, 3.63) is 35.9 Å². The molecule has 1 aromatic carbocycles. The Labute approximate surface area is 128 Å². The molecule has 0 saturated heterocycles. The van der Waals surface area contributed by atoms with Crippen molar-refractivity contribution in [3.63, 3.8) is 0 Å². The Morgan fingerprint density at radius 2 is 1.43 bits per heavy atom. The van der Waals surface area contributed by atoms with E-state index in [-0.39, 0.29) is 18.1 Å². The maximum Gasteiger partial charge on any atom is 0.0572 e. The van der Waals surface area contributed by atoms with Crippen LogP contribution < -0.4 is 0 Å². The lowest BCUT2D eigenvalue weighted by Crippen LogP contribution is -2.38. The molecule has 3 rings (SSSR count). The molecule has 21 heavy (non-hydrogen) atoms. The Morgan fingerprint density at radius 1 is 0.714 bits per heavy atom. The number of hydrogen-bond donors (Lipinski definition) is 2. The van der Waals surface area contributed by atoms with Gasteiger partial charge in [0.15, 0.2) is 0 Å². The topological polar surface area (TPSA) is 40.5 Å². The first-order chi connectivity index (χ1) is 10.3. The predicted octanol–water partition coefficient (Wildman–Crippen LogP) is 3.87. The molecule has 2 saturated carbocycles. The minimum Gasteiger partial charge on any atom is -0.393 e. The summed E-state index contributed by atoms with van der Waals surface area (Å²) < 4.78 is 0. The summed E-state index contributed by atoms with van der Waals surface area (Å²) >= 11 is 0. The zero-order chi connectivity index (χ0) is 14.7. The molecule has 2 nitrogen and oxygen atoms in total. The van der Waals surface area contributed by atoms with Gasteiger partial charge in [0.25, 0.3) is 0 Å². The highest BCUT2D eigenvalue weighted by Gasteiger charge is 2.38. The third-order valence-corrected chi connectivity index (χ3v) is 5.71. The monoisotopic (exact) mass is 288 g/mol. The van der Waals surface area contributed by atoms with Crippen molar-refractivity contribution in [2.24, 2.45) is 11.8 Å². The smallest absolute Gasteiger partial charge is 0.0572 e. The zero-order valence-electron chi connectivity index (χ0n) is 12.8. The van der Waals surface area contributed by atoms with E-state index in [1.165, 1.54) is 18.4 Å². The van der Waals surface area contributed by atoms with Gasteiger partial charge in [0.05, 0.1) is 12.2 Å². The molecule has 0 spiro atoms. The first kappa shape index (κ1) is 15.1. The first-order valence-electron chi connectivity index (χ1n) is 8.67. The molecule has 0 aliphatic heterocycles. The highest BCUT2D eigenvalue weighted by molar-refractivity contribution is 5.20. The minimum absolute atomic E-state index is 0.207. The van der Waals surface area contributed by atoms with Crippen LogP contribution in [0.15, 0.2) is 30.3 Å². The lowest BCUT2D eigenvalue weighted by molar-refractivity contribution is -0.0222. The minimum atomic E-state index is -0.220. The van der Waals surface area contributed by atoms with Gasteiger partial charge < -0.3 is 10.2 Å². The van der Waals surface area contributed by atoms with Gasteiger partial charge in [0.2, 0.25) is 0 Å². The maximum atomic E-state index is 10.5. The van der Waals surface area contributed by atoms with E-state index in [0.29, 0.717) is 11.8 Å². The van der Waals surface area contributed by atoms with Crippen LogP contribution in [0.1, 0.15) is 62.8 Å².